The van der Waals surface area contributed by atoms with E-state index >= 15 is 0 Å². The van der Waals surface area contributed by atoms with Crippen LogP contribution in [-0.4, -0.2) is 30.3 Å². The Kier molecular flexibility index (Phi) is 4.97. The molecule has 0 fully saturated rings. The molecule has 0 saturated heterocycles. The number of aromatic nitrogens is 2. The number of terminal acetylenes is 1. The molecule has 0 saturated carbocycles. The molecule has 1 radical (unpaired) electrons. The number of benzene rings is 2. The third-order valence-electron chi connectivity index (χ3n) is 3.54. The first-order valence-electron chi connectivity index (χ1n) is 7.62. The average molecular weight is 334 g/mol. The van der Waals surface area contributed by atoms with Crippen LogP contribution in [0.25, 0.3) is 10.9 Å². The Labute approximate surface area is 145 Å². The number of fused-ring (bicyclic) bond motifs is 1. The van der Waals surface area contributed by atoms with Crippen molar-refractivity contribution in [2.45, 2.75) is 0 Å². The molecule has 0 aliphatic carbocycles. The molecule has 0 aliphatic rings. The first-order chi connectivity index (χ1) is 12.2. The van der Waals surface area contributed by atoms with Crippen molar-refractivity contribution in [1.29, 1.82) is 0 Å². The van der Waals surface area contributed by atoms with E-state index in [2.05, 4.69) is 21.2 Å². The minimum atomic E-state index is -0.234. The van der Waals surface area contributed by atoms with E-state index in [4.69, 9.17) is 15.9 Å². The van der Waals surface area contributed by atoms with Crippen LogP contribution in [0.2, 0.25) is 0 Å². The standard InChI is InChI=1S/C19H16N3O3/c1-3-13-5-4-6-14(9-13)22-19-15-10-18(25-8-7-24-2)17(23)11-16(15)20-12-21-19/h1,4-6,9-12H,7-8H2,2H3,(H,20,21,22). The first kappa shape index (κ1) is 16.6. The maximum atomic E-state index is 12.1. The van der Waals surface area contributed by atoms with Crippen LogP contribution >= 0.6 is 0 Å². The Morgan fingerprint density at radius 3 is 2.88 bits per heavy atom. The van der Waals surface area contributed by atoms with Crippen molar-refractivity contribution in [3.63, 3.8) is 0 Å². The molecule has 0 spiro atoms. The van der Waals surface area contributed by atoms with Gasteiger partial charge in [-0.3, -0.25) is 5.11 Å². The fraction of sp³-hybridized carbons (Fsp3) is 0.158. The predicted octanol–water partition coefficient (Wildman–Crippen LogP) is 3.52. The quantitative estimate of drug-likeness (QED) is 0.551. The van der Waals surface area contributed by atoms with Crippen LogP contribution in [0.5, 0.6) is 11.5 Å². The second-order valence-electron chi connectivity index (χ2n) is 5.23. The number of hydrogen-bond donors (Lipinski definition) is 1. The highest BCUT2D eigenvalue weighted by molar-refractivity contribution is 5.93. The van der Waals surface area contributed by atoms with E-state index in [-0.39, 0.29) is 18.1 Å². The normalized spacial score (nSPS) is 10.4. The van der Waals surface area contributed by atoms with Gasteiger partial charge in [-0.25, -0.2) is 9.97 Å². The number of hydrogen-bond acceptors (Lipinski definition) is 5. The van der Waals surface area contributed by atoms with Crippen LogP contribution in [-0.2, 0) is 9.84 Å². The lowest BCUT2D eigenvalue weighted by Crippen LogP contribution is -2.04. The summed E-state index contributed by atoms with van der Waals surface area (Å²) in [6.07, 6.45) is 6.84. The Hall–Kier alpha value is -3.30. The predicted molar refractivity (Wildman–Crippen MR) is 94.7 cm³/mol. The molecule has 1 N–H and O–H groups in total. The molecule has 3 aromatic rings. The molecular weight excluding hydrogens is 318 g/mol. The highest BCUT2D eigenvalue weighted by Gasteiger charge is 2.12. The van der Waals surface area contributed by atoms with Gasteiger partial charge in [-0.05, 0) is 24.3 Å². The van der Waals surface area contributed by atoms with E-state index in [1.807, 2.05) is 24.3 Å². The summed E-state index contributed by atoms with van der Waals surface area (Å²) in [6.45, 7) is 0.685. The van der Waals surface area contributed by atoms with Crippen LogP contribution in [0.15, 0.2) is 42.7 Å². The number of ether oxygens (including phenoxy) is 2. The lowest BCUT2D eigenvalue weighted by atomic mass is 10.2. The van der Waals surface area contributed by atoms with Gasteiger partial charge in [0.1, 0.15) is 18.8 Å². The highest BCUT2D eigenvalue weighted by atomic mass is 16.5. The van der Waals surface area contributed by atoms with E-state index in [0.717, 1.165) is 11.3 Å². The van der Waals surface area contributed by atoms with Gasteiger partial charge in [0.2, 0.25) is 5.75 Å². The molecule has 0 bridgehead atoms. The van der Waals surface area contributed by atoms with Gasteiger partial charge in [-0.15, -0.1) is 6.42 Å². The summed E-state index contributed by atoms with van der Waals surface area (Å²) in [5, 5.41) is 16.0. The molecule has 25 heavy (non-hydrogen) atoms. The van der Waals surface area contributed by atoms with Crippen molar-refractivity contribution in [1.82, 2.24) is 9.97 Å². The van der Waals surface area contributed by atoms with E-state index < -0.39 is 0 Å². The van der Waals surface area contributed by atoms with Crippen molar-refractivity contribution in [3.8, 4) is 23.8 Å². The molecule has 125 valence electrons. The monoisotopic (exact) mass is 334 g/mol. The van der Waals surface area contributed by atoms with Gasteiger partial charge in [0, 0.05) is 29.8 Å². The number of nitrogens with one attached hydrogen (secondary N) is 1. The zero-order valence-corrected chi connectivity index (χ0v) is 13.7. The molecule has 0 aliphatic heterocycles. The van der Waals surface area contributed by atoms with Gasteiger partial charge in [0.25, 0.3) is 0 Å². The summed E-state index contributed by atoms with van der Waals surface area (Å²) in [7, 11) is 1.57. The van der Waals surface area contributed by atoms with Crippen molar-refractivity contribution < 1.29 is 14.6 Å². The van der Waals surface area contributed by atoms with Gasteiger partial charge in [0.15, 0.2) is 5.75 Å². The fourth-order valence-corrected chi connectivity index (χ4v) is 2.33. The maximum absolute atomic E-state index is 12.1. The molecule has 6 nitrogen and oxygen atoms in total. The second-order valence-corrected chi connectivity index (χ2v) is 5.23. The van der Waals surface area contributed by atoms with Gasteiger partial charge >= 0.3 is 0 Å². The molecular formula is C19H16N3O3. The highest BCUT2D eigenvalue weighted by Crippen LogP contribution is 2.34. The average Bonchev–Trinajstić information content (AvgIpc) is 2.63. The zero-order chi connectivity index (χ0) is 17.6. The number of methoxy groups -OCH3 is 1. The summed E-state index contributed by atoms with van der Waals surface area (Å²) in [4.78, 5) is 8.42. The summed E-state index contributed by atoms with van der Waals surface area (Å²) >= 11 is 0. The number of nitrogens with zero attached hydrogens (tertiary/aromatic N) is 2. The summed E-state index contributed by atoms with van der Waals surface area (Å²) in [5.74, 6) is 3.16. The summed E-state index contributed by atoms with van der Waals surface area (Å²) in [5.41, 5.74) is 2.09. The van der Waals surface area contributed by atoms with Crippen molar-refractivity contribution in [3.05, 3.63) is 48.3 Å². The lowest BCUT2D eigenvalue weighted by Gasteiger charge is -2.11. The van der Waals surface area contributed by atoms with Gasteiger partial charge < -0.3 is 14.8 Å². The molecule has 2 aromatic carbocycles. The molecule has 6 heteroatoms. The molecule has 0 atom stereocenters. The van der Waals surface area contributed by atoms with Crippen LogP contribution in [0, 0.1) is 12.3 Å². The Morgan fingerprint density at radius 1 is 1.20 bits per heavy atom. The van der Waals surface area contributed by atoms with Crippen molar-refractivity contribution >= 4 is 22.4 Å². The maximum Gasteiger partial charge on any atom is 0.222 e. The first-order valence-corrected chi connectivity index (χ1v) is 7.62. The molecule has 1 aromatic heterocycles. The number of rotatable bonds is 6. The van der Waals surface area contributed by atoms with Crippen LogP contribution in [0.3, 0.4) is 0 Å². The van der Waals surface area contributed by atoms with E-state index in [9.17, 15) is 5.11 Å². The van der Waals surface area contributed by atoms with Gasteiger partial charge in [-0.1, -0.05) is 12.0 Å². The second kappa shape index (κ2) is 7.51. The Morgan fingerprint density at radius 2 is 2.08 bits per heavy atom. The van der Waals surface area contributed by atoms with Crippen LogP contribution < -0.4 is 10.1 Å². The smallest absolute Gasteiger partial charge is 0.222 e. The largest absolute Gasteiger partial charge is 0.487 e. The molecule has 1 heterocycles. The van der Waals surface area contributed by atoms with Gasteiger partial charge in [-0.2, -0.15) is 0 Å². The number of anilines is 2. The topological polar surface area (TPSA) is 76.2 Å². The third-order valence-corrected chi connectivity index (χ3v) is 3.54. The van der Waals surface area contributed by atoms with E-state index in [1.165, 1.54) is 12.4 Å². The summed E-state index contributed by atoms with van der Waals surface area (Å²) < 4.78 is 10.4. The van der Waals surface area contributed by atoms with Crippen LogP contribution in [0.1, 0.15) is 5.56 Å². The van der Waals surface area contributed by atoms with Crippen molar-refractivity contribution in [2.24, 2.45) is 0 Å². The third kappa shape index (κ3) is 3.79. The van der Waals surface area contributed by atoms with E-state index in [1.54, 1.807) is 13.2 Å². The molecule has 0 unspecified atom stereocenters. The molecule has 0 amide bonds. The van der Waals surface area contributed by atoms with Gasteiger partial charge in [0.05, 0.1) is 12.1 Å². The minimum absolute atomic E-state index is 0.234. The Bertz CT molecular complexity index is 935. The molecule has 3 rings (SSSR count). The zero-order valence-electron chi connectivity index (χ0n) is 13.7. The summed E-state index contributed by atoms with van der Waals surface area (Å²) in [6, 6.07) is 10.5. The van der Waals surface area contributed by atoms with Crippen LogP contribution in [0.4, 0.5) is 11.5 Å². The van der Waals surface area contributed by atoms with E-state index in [0.29, 0.717) is 23.3 Å². The lowest BCUT2D eigenvalue weighted by molar-refractivity contribution is 0.143. The SMILES string of the molecule is C#Cc1cccc(Nc2ncnc3cc([O])c(OCCOC)cc23)c1. The Balaban J connectivity index is 1.97. The minimum Gasteiger partial charge on any atom is -0.487 e. The fourth-order valence-electron chi connectivity index (χ4n) is 2.33. The van der Waals surface area contributed by atoms with Crippen molar-refractivity contribution in [2.75, 3.05) is 25.6 Å².